The molecule has 3 heteroatoms. The number of aromatic nitrogens is 3. The van der Waals surface area contributed by atoms with Crippen LogP contribution in [0.4, 0.5) is 0 Å². The number of rotatable bonds is 4. The lowest BCUT2D eigenvalue weighted by Crippen LogP contribution is -2.00. The highest BCUT2D eigenvalue weighted by Gasteiger charge is 2.12. The van der Waals surface area contributed by atoms with Crippen molar-refractivity contribution in [3.63, 3.8) is 0 Å². The maximum absolute atomic E-state index is 4.82. The minimum atomic E-state index is 0.682. The maximum atomic E-state index is 4.82. The van der Waals surface area contributed by atoms with Crippen molar-refractivity contribution < 1.29 is 0 Å². The van der Waals surface area contributed by atoms with Crippen molar-refractivity contribution in [1.82, 2.24) is 15.0 Å². The van der Waals surface area contributed by atoms with Crippen molar-refractivity contribution in [2.45, 2.75) is 27.2 Å². The summed E-state index contributed by atoms with van der Waals surface area (Å²) >= 11 is 0. The first-order valence-corrected chi connectivity index (χ1v) is 11.7. The molecule has 34 heavy (non-hydrogen) atoms. The Morgan fingerprint density at radius 2 is 0.794 bits per heavy atom. The fourth-order valence-corrected chi connectivity index (χ4v) is 3.68. The van der Waals surface area contributed by atoms with Crippen LogP contribution in [0.15, 0.2) is 109 Å². The molecule has 0 fully saturated rings. The molecule has 0 unspecified atom stereocenters. The normalized spacial score (nSPS) is 10.3. The zero-order valence-corrected chi connectivity index (χ0v) is 19.9. The number of benzene rings is 4. The summed E-state index contributed by atoms with van der Waals surface area (Å²) in [5, 5.41) is 0. The minimum absolute atomic E-state index is 0.682. The van der Waals surface area contributed by atoms with Gasteiger partial charge in [-0.25, -0.2) is 15.0 Å². The fraction of sp³-hybridized carbons (Fsp3) is 0.129. The molecule has 0 aliphatic heterocycles. The minimum Gasteiger partial charge on any atom is -0.213 e. The van der Waals surface area contributed by atoms with Gasteiger partial charge in [0.2, 0.25) is 0 Å². The van der Waals surface area contributed by atoms with Gasteiger partial charge < -0.3 is 0 Å². The average Bonchev–Trinajstić information content (AvgIpc) is 2.90. The van der Waals surface area contributed by atoms with Crippen LogP contribution < -0.4 is 0 Å². The zero-order valence-electron chi connectivity index (χ0n) is 19.9. The van der Waals surface area contributed by atoms with Crippen molar-refractivity contribution in [2.24, 2.45) is 0 Å². The van der Waals surface area contributed by atoms with E-state index in [1.54, 1.807) is 0 Å². The largest absolute Gasteiger partial charge is 0.213 e. The van der Waals surface area contributed by atoms with E-state index in [2.05, 4.69) is 90.5 Å². The Hall–Kier alpha value is -4.11. The van der Waals surface area contributed by atoms with Gasteiger partial charge in [-0.3, -0.25) is 0 Å². The molecule has 1 aromatic heterocycles. The first kappa shape index (κ1) is 23.1. The molecule has 0 aliphatic carbocycles. The van der Waals surface area contributed by atoms with Crippen LogP contribution in [0.3, 0.4) is 0 Å². The summed E-state index contributed by atoms with van der Waals surface area (Å²) in [6.45, 7) is 6.16. The Morgan fingerprint density at radius 1 is 0.441 bits per heavy atom. The lowest BCUT2D eigenvalue weighted by atomic mass is 9.96. The smallest absolute Gasteiger partial charge is 0.163 e. The SMILES string of the molecule is CCC.Cc1nc(-c2ccccc2)nc(-c2cc(-c3ccccc3)cc(-c3ccccc3)c2)n1. The van der Waals surface area contributed by atoms with Crippen LogP contribution >= 0.6 is 0 Å². The highest BCUT2D eigenvalue weighted by molar-refractivity contribution is 5.79. The van der Waals surface area contributed by atoms with Crippen molar-refractivity contribution in [1.29, 1.82) is 0 Å². The molecule has 5 aromatic rings. The third-order valence-electron chi connectivity index (χ3n) is 5.18. The van der Waals surface area contributed by atoms with Gasteiger partial charge in [0.05, 0.1) is 0 Å². The molecule has 5 rings (SSSR count). The Labute approximate surface area is 202 Å². The highest BCUT2D eigenvalue weighted by Crippen LogP contribution is 2.32. The quantitative estimate of drug-likeness (QED) is 0.280. The molecule has 0 radical (unpaired) electrons. The average molecular weight is 444 g/mol. The molecule has 0 atom stereocenters. The summed E-state index contributed by atoms with van der Waals surface area (Å²) in [5.41, 5.74) is 6.55. The molecule has 0 saturated carbocycles. The zero-order chi connectivity index (χ0) is 23.8. The van der Waals surface area contributed by atoms with E-state index in [1.165, 1.54) is 6.42 Å². The molecule has 0 spiro atoms. The first-order valence-electron chi connectivity index (χ1n) is 11.7. The first-order chi connectivity index (χ1) is 16.7. The second-order valence-corrected chi connectivity index (χ2v) is 8.13. The van der Waals surface area contributed by atoms with Crippen LogP contribution in [0.25, 0.3) is 45.0 Å². The van der Waals surface area contributed by atoms with E-state index < -0.39 is 0 Å². The van der Waals surface area contributed by atoms with Gasteiger partial charge >= 0.3 is 0 Å². The van der Waals surface area contributed by atoms with E-state index in [0.29, 0.717) is 17.5 Å². The van der Waals surface area contributed by atoms with Gasteiger partial charge in [-0.2, -0.15) is 0 Å². The maximum Gasteiger partial charge on any atom is 0.163 e. The monoisotopic (exact) mass is 443 g/mol. The van der Waals surface area contributed by atoms with Crippen LogP contribution in [0, 0.1) is 6.92 Å². The van der Waals surface area contributed by atoms with E-state index in [4.69, 9.17) is 4.98 Å². The van der Waals surface area contributed by atoms with Gasteiger partial charge in [-0.15, -0.1) is 0 Å². The molecule has 0 bridgehead atoms. The van der Waals surface area contributed by atoms with Crippen molar-refractivity contribution in [3.05, 3.63) is 115 Å². The summed E-state index contributed by atoms with van der Waals surface area (Å²) in [4.78, 5) is 14.1. The van der Waals surface area contributed by atoms with Gasteiger partial charge in [0.25, 0.3) is 0 Å². The molecule has 0 saturated heterocycles. The molecule has 1 heterocycles. The van der Waals surface area contributed by atoms with Crippen molar-refractivity contribution in [2.75, 3.05) is 0 Å². The highest BCUT2D eigenvalue weighted by atomic mass is 15.0. The summed E-state index contributed by atoms with van der Waals surface area (Å²) < 4.78 is 0. The van der Waals surface area contributed by atoms with Gasteiger partial charge in [0.1, 0.15) is 5.82 Å². The van der Waals surface area contributed by atoms with Crippen LogP contribution in [0.5, 0.6) is 0 Å². The Balaban J connectivity index is 0.000000868. The van der Waals surface area contributed by atoms with Gasteiger partial charge in [0, 0.05) is 11.1 Å². The predicted octanol–water partition coefficient (Wildman–Crippen LogP) is 8.26. The third kappa shape index (κ3) is 5.62. The number of hydrogen-bond donors (Lipinski definition) is 0. The van der Waals surface area contributed by atoms with E-state index in [1.807, 2.05) is 49.4 Å². The molecular weight excluding hydrogens is 414 g/mol. The molecule has 0 aliphatic rings. The van der Waals surface area contributed by atoms with E-state index >= 15 is 0 Å². The molecule has 168 valence electrons. The Morgan fingerprint density at radius 3 is 1.24 bits per heavy atom. The van der Waals surface area contributed by atoms with Crippen LogP contribution in [-0.4, -0.2) is 15.0 Å². The topological polar surface area (TPSA) is 38.7 Å². The van der Waals surface area contributed by atoms with Gasteiger partial charge in [0.15, 0.2) is 11.6 Å². The van der Waals surface area contributed by atoms with Crippen molar-refractivity contribution in [3.8, 4) is 45.0 Å². The van der Waals surface area contributed by atoms with E-state index in [-0.39, 0.29) is 0 Å². The second kappa shape index (κ2) is 11.2. The molecule has 0 N–H and O–H groups in total. The van der Waals surface area contributed by atoms with Gasteiger partial charge in [-0.05, 0) is 47.4 Å². The summed E-state index contributed by atoms with van der Waals surface area (Å²) in [6, 6.07) is 37.4. The number of nitrogens with zero attached hydrogens (tertiary/aromatic N) is 3. The third-order valence-corrected chi connectivity index (χ3v) is 5.18. The van der Waals surface area contributed by atoms with E-state index in [0.717, 1.165) is 33.4 Å². The molecule has 0 amide bonds. The predicted molar refractivity (Wildman–Crippen MR) is 142 cm³/mol. The summed E-state index contributed by atoms with van der Waals surface area (Å²) in [6.07, 6.45) is 1.25. The van der Waals surface area contributed by atoms with Crippen LogP contribution in [0.1, 0.15) is 26.1 Å². The van der Waals surface area contributed by atoms with Crippen LogP contribution in [0.2, 0.25) is 0 Å². The van der Waals surface area contributed by atoms with E-state index in [9.17, 15) is 0 Å². The molecule has 4 aromatic carbocycles. The van der Waals surface area contributed by atoms with Gasteiger partial charge in [-0.1, -0.05) is 111 Å². The second-order valence-electron chi connectivity index (χ2n) is 8.13. The Bertz CT molecular complexity index is 1270. The summed E-state index contributed by atoms with van der Waals surface area (Å²) in [5.74, 6) is 2.08. The number of hydrogen-bond acceptors (Lipinski definition) is 3. The van der Waals surface area contributed by atoms with Crippen molar-refractivity contribution >= 4 is 0 Å². The lowest BCUT2D eigenvalue weighted by Gasteiger charge is -2.11. The standard InChI is InChI=1S/C28H21N3.C3H8/c1-20-29-27(23-15-9-4-10-16-23)31-28(30-20)26-18-24(21-11-5-2-6-12-21)17-25(19-26)22-13-7-3-8-14-22;1-3-2/h2-19H,1H3;3H2,1-2H3. The summed E-state index contributed by atoms with van der Waals surface area (Å²) in [7, 11) is 0. The fourth-order valence-electron chi connectivity index (χ4n) is 3.68. The lowest BCUT2D eigenvalue weighted by molar-refractivity contribution is 0.992. The molecular formula is C31H29N3. The Kier molecular flexibility index (Phi) is 7.56. The number of aryl methyl sites for hydroxylation is 1. The molecule has 3 nitrogen and oxygen atoms in total. The van der Waals surface area contributed by atoms with Crippen LogP contribution in [-0.2, 0) is 0 Å².